The number of hydrogen-bond acceptors (Lipinski definition) is 6. The average Bonchev–Trinajstić information content (AvgIpc) is 3.24. The molecule has 0 radical (unpaired) electrons. The third-order valence-electron chi connectivity index (χ3n) is 5.41. The summed E-state index contributed by atoms with van der Waals surface area (Å²) in [4.78, 5) is 35.8. The highest BCUT2D eigenvalue weighted by Crippen LogP contribution is 2.21. The zero-order valence-electron chi connectivity index (χ0n) is 17.2. The standard InChI is InChI=1S/C21H28N4O3S/c1-14-18(15(2)24-21(23-14)29-3)6-7-19(26)25-10-8-16(9-11-25)20(27)22-13-17-5-4-12-28-17/h4-5,12,16H,6-11,13H2,1-3H3,(H,22,27). The van der Waals surface area contributed by atoms with Gasteiger partial charge >= 0.3 is 0 Å². The molecule has 3 rings (SSSR count). The van der Waals surface area contributed by atoms with Crippen LogP contribution in [0.25, 0.3) is 0 Å². The number of carbonyl (C=O) groups excluding carboxylic acids is 2. The summed E-state index contributed by atoms with van der Waals surface area (Å²) in [7, 11) is 0. The second kappa shape index (κ2) is 9.91. The lowest BCUT2D eigenvalue weighted by molar-refractivity contribution is -0.135. The van der Waals surface area contributed by atoms with E-state index in [1.165, 1.54) is 11.8 Å². The first-order valence-corrected chi connectivity index (χ1v) is 11.2. The van der Waals surface area contributed by atoms with Gasteiger partial charge in [0.05, 0.1) is 12.8 Å². The number of aryl methyl sites for hydroxylation is 2. The summed E-state index contributed by atoms with van der Waals surface area (Å²) in [5, 5.41) is 3.68. The zero-order valence-corrected chi connectivity index (χ0v) is 18.1. The molecular formula is C21H28N4O3S. The van der Waals surface area contributed by atoms with Crippen LogP contribution in [0.4, 0.5) is 0 Å². The highest BCUT2D eigenvalue weighted by molar-refractivity contribution is 7.98. The van der Waals surface area contributed by atoms with Crippen LogP contribution in [0.15, 0.2) is 28.0 Å². The van der Waals surface area contributed by atoms with E-state index in [-0.39, 0.29) is 17.7 Å². The number of hydrogen-bond donors (Lipinski definition) is 1. The molecule has 1 aliphatic rings. The first-order chi connectivity index (χ1) is 14.0. The van der Waals surface area contributed by atoms with Crippen LogP contribution in [-0.2, 0) is 22.6 Å². The highest BCUT2D eigenvalue weighted by Gasteiger charge is 2.27. The van der Waals surface area contributed by atoms with E-state index in [0.29, 0.717) is 45.3 Å². The third-order valence-corrected chi connectivity index (χ3v) is 5.95. The Balaban J connectivity index is 1.45. The van der Waals surface area contributed by atoms with Crippen molar-refractivity contribution in [1.29, 1.82) is 0 Å². The van der Waals surface area contributed by atoms with Gasteiger partial charge in [0.2, 0.25) is 11.8 Å². The predicted octanol–water partition coefficient (Wildman–Crippen LogP) is 2.90. The van der Waals surface area contributed by atoms with Gasteiger partial charge in [-0.2, -0.15) is 0 Å². The van der Waals surface area contributed by atoms with Gasteiger partial charge in [-0.05, 0) is 57.1 Å². The van der Waals surface area contributed by atoms with Crippen LogP contribution in [0.1, 0.15) is 42.0 Å². The number of furan rings is 1. The van der Waals surface area contributed by atoms with Crippen molar-refractivity contribution in [1.82, 2.24) is 20.2 Å². The maximum absolute atomic E-state index is 12.6. The van der Waals surface area contributed by atoms with Crippen LogP contribution >= 0.6 is 11.8 Å². The molecule has 3 heterocycles. The largest absolute Gasteiger partial charge is 0.467 e. The lowest BCUT2D eigenvalue weighted by Crippen LogP contribution is -2.43. The molecule has 29 heavy (non-hydrogen) atoms. The monoisotopic (exact) mass is 416 g/mol. The lowest BCUT2D eigenvalue weighted by atomic mass is 9.95. The molecular weight excluding hydrogens is 388 g/mol. The number of nitrogens with one attached hydrogen (secondary N) is 1. The van der Waals surface area contributed by atoms with E-state index in [1.54, 1.807) is 12.3 Å². The van der Waals surface area contributed by atoms with E-state index in [0.717, 1.165) is 27.9 Å². The van der Waals surface area contributed by atoms with Crippen LogP contribution in [0.5, 0.6) is 0 Å². The minimum absolute atomic E-state index is 0.0331. The predicted molar refractivity (Wildman–Crippen MR) is 111 cm³/mol. The molecule has 0 aliphatic carbocycles. The van der Waals surface area contributed by atoms with E-state index < -0.39 is 0 Å². The normalized spacial score (nSPS) is 14.8. The van der Waals surface area contributed by atoms with E-state index in [4.69, 9.17) is 4.42 Å². The molecule has 0 atom stereocenters. The summed E-state index contributed by atoms with van der Waals surface area (Å²) in [6.45, 7) is 5.60. The van der Waals surface area contributed by atoms with E-state index in [2.05, 4.69) is 15.3 Å². The fourth-order valence-electron chi connectivity index (χ4n) is 3.67. The van der Waals surface area contributed by atoms with E-state index in [9.17, 15) is 9.59 Å². The van der Waals surface area contributed by atoms with Crippen molar-refractivity contribution in [2.45, 2.75) is 51.2 Å². The van der Waals surface area contributed by atoms with Gasteiger partial charge in [0.25, 0.3) is 0 Å². The van der Waals surface area contributed by atoms with Crippen LogP contribution in [-0.4, -0.2) is 46.0 Å². The van der Waals surface area contributed by atoms with Crippen molar-refractivity contribution in [3.05, 3.63) is 41.1 Å². The Kier molecular flexibility index (Phi) is 7.30. The molecule has 0 bridgehead atoms. The first kappa shape index (κ1) is 21.4. The van der Waals surface area contributed by atoms with Crippen LogP contribution in [0.2, 0.25) is 0 Å². The van der Waals surface area contributed by atoms with E-state index in [1.807, 2.05) is 31.1 Å². The van der Waals surface area contributed by atoms with Crippen LogP contribution in [0.3, 0.4) is 0 Å². The number of likely N-dealkylation sites (tertiary alicyclic amines) is 1. The quantitative estimate of drug-likeness (QED) is 0.552. The summed E-state index contributed by atoms with van der Waals surface area (Å²) < 4.78 is 5.24. The Morgan fingerprint density at radius 1 is 1.24 bits per heavy atom. The molecule has 2 amide bonds. The summed E-state index contributed by atoms with van der Waals surface area (Å²) in [5.74, 6) is 0.857. The Hall–Kier alpha value is -2.35. The molecule has 0 aromatic carbocycles. The molecule has 1 aliphatic heterocycles. The first-order valence-electron chi connectivity index (χ1n) is 9.94. The fraction of sp³-hybridized carbons (Fsp3) is 0.524. The van der Waals surface area contributed by atoms with Crippen molar-refractivity contribution in [2.24, 2.45) is 5.92 Å². The van der Waals surface area contributed by atoms with Gasteiger partial charge in [0.15, 0.2) is 5.16 Å². The molecule has 8 heteroatoms. The number of carbonyl (C=O) groups is 2. The Bertz CT molecular complexity index is 823. The molecule has 0 spiro atoms. The fourth-order valence-corrected chi connectivity index (χ4v) is 4.13. The Morgan fingerprint density at radius 2 is 1.93 bits per heavy atom. The van der Waals surface area contributed by atoms with Crippen LogP contribution < -0.4 is 5.32 Å². The van der Waals surface area contributed by atoms with Gasteiger partial charge < -0.3 is 14.6 Å². The lowest BCUT2D eigenvalue weighted by Gasteiger charge is -2.31. The summed E-state index contributed by atoms with van der Waals surface area (Å²) in [6, 6.07) is 3.64. The molecule has 7 nitrogen and oxygen atoms in total. The van der Waals surface area contributed by atoms with Gasteiger partial charge in [-0.1, -0.05) is 11.8 Å². The van der Waals surface area contributed by atoms with Gasteiger partial charge in [0.1, 0.15) is 5.76 Å². The molecule has 2 aromatic rings. The van der Waals surface area contributed by atoms with Gasteiger partial charge in [-0.3, -0.25) is 9.59 Å². The molecule has 1 N–H and O–H groups in total. The maximum atomic E-state index is 12.6. The van der Waals surface area contributed by atoms with Gasteiger partial charge in [-0.25, -0.2) is 9.97 Å². The van der Waals surface area contributed by atoms with Gasteiger partial charge in [0, 0.05) is 36.8 Å². The van der Waals surface area contributed by atoms with Gasteiger partial charge in [-0.15, -0.1) is 0 Å². The molecule has 156 valence electrons. The average molecular weight is 417 g/mol. The molecule has 2 aromatic heterocycles. The second-order valence-electron chi connectivity index (χ2n) is 7.31. The number of amides is 2. The Morgan fingerprint density at radius 3 is 2.52 bits per heavy atom. The number of nitrogens with zero attached hydrogens (tertiary/aromatic N) is 3. The minimum atomic E-state index is -0.0500. The molecule has 1 saturated heterocycles. The minimum Gasteiger partial charge on any atom is -0.467 e. The zero-order chi connectivity index (χ0) is 20.8. The SMILES string of the molecule is CSc1nc(C)c(CCC(=O)N2CCC(C(=O)NCc3ccco3)CC2)c(C)n1. The molecule has 0 saturated carbocycles. The number of aromatic nitrogens is 2. The van der Waals surface area contributed by atoms with Crippen molar-refractivity contribution < 1.29 is 14.0 Å². The Labute approximate surface area is 175 Å². The summed E-state index contributed by atoms with van der Waals surface area (Å²) in [6.07, 6.45) is 6.03. The molecule has 1 fully saturated rings. The van der Waals surface area contributed by atoms with Crippen LogP contribution in [0, 0.1) is 19.8 Å². The van der Waals surface area contributed by atoms with E-state index >= 15 is 0 Å². The highest BCUT2D eigenvalue weighted by atomic mass is 32.2. The van der Waals surface area contributed by atoms with Crippen molar-refractivity contribution in [3.63, 3.8) is 0 Å². The number of rotatable bonds is 7. The molecule has 0 unspecified atom stereocenters. The number of piperidine rings is 1. The second-order valence-corrected chi connectivity index (χ2v) is 8.09. The van der Waals surface area contributed by atoms with Crippen molar-refractivity contribution in [3.8, 4) is 0 Å². The third kappa shape index (κ3) is 5.59. The maximum Gasteiger partial charge on any atom is 0.223 e. The summed E-state index contributed by atoms with van der Waals surface area (Å²) >= 11 is 1.52. The topological polar surface area (TPSA) is 88.3 Å². The number of thioether (sulfide) groups is 1. The smallest absolute Gasteiger partial charge is 0.223 e. The van der Waals surface area contributed by atoms with Crippen molar-refractivity contribution in [2.75, 3.05) is 19.3 Å². The van der Waals surface area contributed by atoms with Crippen molar-refractivity contribution >= 4 is 23.6 Å². The summed E-state index contributed by atoms with van der Waals surface area (Å²) in [5.41, 5.74) is 2.95.